The van der Waals surface area contributed by atoms with Crippen molar-refractivity contribution in [2.75, 3.05) is 5.32 Å². The van der Waals surface area contributed by atoms with E-state index in [2.05, 4.69) is 15.3 Å². The van der Waals surface area contributed by atoms with Crippen LogP contribution in [0.25, 0.3) is 22.4 Å². The molecule has 2 N–H and O–H groups in total. The molecule has 1 atom stereocenters. The number of amides is 1. The first-order chi connectivity index (χ1) is 16.0. The summed E-state index contributed by atoms with van der Waals surface area (Å²) in [5.41, 5.74) is 1.56. The molecular formula is C24H17N3O5S. The van der Waals surface area contributed by atoms with Crippen LogP contribution in [0.2, 0.25) is 0 Å². The number of nitrogens with one attached hydrogen (secondary N) is 1. The molecule has 0 aliphatic carbocycles. The first-order valence-corrected chi connectivity index (χ1v) is 10.8. The van der Waals surface area contributed by atoms with Crippen molar-refractivity contribution >= 4 is 39.1 Å². The van der Waals surface area contributed by atoms with E-state index in [1.54, 1.807) is 67.7 Å². The van der Waals surface area contributed by atoms with Gasteiger partial charge in [-0.05, 0) is 55.5 Å². The number of rotatable bonds is 6. The van der Waals surface area contributed by atoms with Crippen molar-refractivity contribution in [1.29, 1.82) is 0 Å². The minimum atomic E-state index is -0.750. The molecule has 0 spiro atoms. The SMILES string of the molecule is CC(O)c1cc2cc(C(=O)Nc3nc(-c4ccco4)c(C(=O)c4ccccn4)s3)ccc2o1. The number of aliphatic hydroxyl groups excluding tert-OH is 1. The Morgan fingerprint density at radius 1 is 1.12 bits per heavy atom. The summed E-state index contributed by atoms with van der Waals surface area (Å²) >= 11 is 1.05. The van der Waals surface area contributed by atoms with Crippen LogP contribution in [0.3, 0.4) is 0 Å². The van der Waals surface area contributed by atoms with Gasteiger partial charge in [-0.3, -0.25) is 19.9 Å². The third-order valence-corrected chi connectivity index (χ3v) is 5.88. The van der Waals surface area contributed by atoms with E-state index in [4.69, 9.17) is 8.83 Å². The Kier molecular flexibility index (Phi) is 5.33. The summed E-state index contributed by atoms with van der Waals surface area (Å²) in [6.45, 7) is 1.61. The summed E-state index contributed by atoms with van der Waals surface area (Å²) in [5.74, 6) is 0.124. The van der Waals surface area contributed by atoms with E-state index in [0.717, 1.165) is 11.3 Å². The van der Waals surface area contributed by atoms with Crippen LogP contribution in [0, 0.1) is 0 Å². The predicted molar refractivity (Wildman–Crippen MR) is 122 cm³/mol. The zero-order valence-corrected chi connectivity index (χ0v) is 18.1. The maximum Gasteiger partial charge on any atom is 0.257 e. The number of nitrogens with zero attached hydrogens (tertiary/aromatic N) is 2. The van der Waals surface area contributed by atoms with Gasteiger partial charge in [-0.2, -0.15) is 0 Å². The number of aliphatic hydroxyl groups is 1. The van der Waals surface area contributed by atoms with Gasteiger partial charge in [0.1, 0.15) is 33.7 Å². The number of carbonyl (C=O) groups excluding carboxylic acids is 2. The van der Waals surface area contributed by atoms with Crippen LogP contribution in [0.4, 0.5) is 5.13 Å². The summed E-state index contributed by atoms with van der Waals surface area (Å²) in [6.07, 6.45) is 2.28. The highest BCUT2D eigenvalue weighted by atomic mass is 32.1. The van der Waals surface area contributed by atoms with Crippen LogP contribution in [0.5, 0.6) is 0 Å². The molecule has 5 rings (SSSR count). The fraction of sp³-hybridized carbons (Fsp3) is 0.0833. The number of furan rings is 2. The zero-order chi connectivity index (χ0) is 22.9. The second kappa shape index (κ2) is 8.45. The largest absolute Gasteiger partial charge is 0.463 e. The molecule has 0 aliphatic heterocycles. The van der Waals surface area contributed by atoms with E-state index in [0.29, 0.717) is 38.6 Å². The third-order valence-electron chi connectivity index (χ3n) is 4.92. The molecule has 0 radical (unpaired) electrons. The average Bonchev–Trinajstić information content (AvgIpc) is 3.57. The van der Waals surface area contributed by atoms with E-state index in [-0.39, 0.29) is 16.6 Å². The van der Waals surface area contributed by atoms with Gasteiger partial charge in [-0.25, -0.2) is 4.98 Å². The summed E-state index contributed by atoms with van der Waals surface area (Å²) in [7, 11) is 0. The number of carbonyl (C=O) groups is 2. The molecule has 0 aliphatic rings. The number of ketones is 1. The molecule has 164 valence electrons. The van der Waals surface area contributed by atoms with Crippen molar-refractivity contribution in [3.05, 3.63) is 89.0 Å². The zero-order valence-electron chi connectivity index (χ0n) is 17.3. The van der Waals surface area contributed by atoms with Crippen molar-refractivity contribution in [1.82, 2.24) is 9.97 Å². The normalized spacial score (nSPS) is 12.1. The lowest BCUT2D eigenvalue weighted by Gasteiger charge is -2.01. The smallest absolute Gasteiger partial charge is 0.257 e. The van der Waals surface area contributed by atoms with Crippen molar-refractivity contribution in [3.8, 4) is 11.5 Å². The van der Waals surface area contributed by atoms with Gasteiger partial charge in [-0.1, -0.05) is 17.4 Å². The molecule has 0 bridgehead atoms. The molecule has 8 nitrogen and oxygen atoms in total. The maximum atomic E-state index is 13.1. The van der Waals surface area contributed by atoms with Crippen molar-refractivity contribution in [2.24, 2.45) is 0 Å². The Bertz CT molecular complexity index is 1450. The second-order valence-electron chi connectivity index (χ2n) is 7.25. The van der Waals surface area contributed by atoms with Gasteiger partial charge in [-0.15, -0.1) is 0 Å². The molecule has 0 saturated heterocycles. The van der Waals surface area contributed by atoms with Crippen LogP contribution in [0.1, 0.15) is 44.5 Å². The van der Waals surface area contributed by atoms with Crippen molar-refractivity contribution in [3.63, 3.8) is 0 Å². The van der Waals surface area contributed by atoms with E-state index < -0.39 is 12.0 Å². The number of hydrogen-bond donors (Lipinski definition) is 2. The number of thiazole rings is 1. The highest BCUT2D eigenvalue weighted by Gasteiger charge is 2.24. The Morgan fingerprint density at radius 3 is 2.73 bits per heavy atom. The molecule has 1 amide bonds. The Balaban J connectivity index is 1.46. The standard InChI is InChI=1S/C24H17N3O5S/c1-13(28)19-12-15-11-14(7-8-17(15)32-19)23(30)27-24-26-20(18-6-4-10-31-18)22(33-24)21(29)16-5-2-3-9-25-16/h2-13,28H,1H3,(H,26,27,30). The summed E-state index contributed by atoms with van der Waals surface area (Å²) < 4.78 is 11.0. The summed E-state index contributed by atoms with van der Waals surface area (Å²) in [4.78, 5) is 34.8. The predicted octanol–water partition coefficient (Wildman–Crippen LogP) is 5.08. The topological polar surface area (TPSA) is 118 Å². The Labute approximate surface area is 191 Å². The number of anilines is 1. The fourth-order valence-corrected chi connectivity index (χ4v) is 4.22. The monoisotopic (exact) mass is 459 g/mol. The van der Waals surface area contributed by atoms with Gasteiger partial charge < -0.3 is 13.9 Å². The minimum Gasteiger partial charge on any atom is -0.463 e. The molecule has 0 saturated carbocycles. The van der Waals surface area contributed by atoms with Crippen LogP contribution >= 0.6 is 11.3 Å². The number of pyridine rings is 1. The lowest BCUT2D eigenvalue weighted by atomic mass is 10.1. The van der Waals surface area contributed by atoms with Crippen LogP contribution in [-0.2, 0) is 0 Å². The van der Waals surface area contributed by atoms with Gasteiger partial charge in [0.15, 0.2) is 10.9 Å². The van der Waals surface area contributed by atoms with Crippen LogP contribution in [-0.4, -0.2) is 26.8 Å². The molecule has 9 heteroatoms. The van der Waals surface area contributed by atoms with E-state index in [1.165, 1.54) is 6.26 Å². The first kappa shape index (κ1) is 20.8. The van der Waals surface area contributed by atoms with Gasteiger partial charge in [0.05, 0.1) is 6.26 Å². The lowest BCUT2D eigenvalue weighted by Crippen LogP contribution is -2.11. The molecule has 33 heavy (non-hydrogen) atoms. The number of benzene rings is 1. The van der Waals surface area contributed by atoms with Crippen LogP contribution in [0.15, 0.2) is 75.9 Å². The van der Waals surface area contributed by atoms with Gasteiger partial charge in [0.2, 0.25) is 5.78 Å². The maximum absolute atomic E-state index is 13.1. The molecule has 4 heterocycles. The summed E-state index contributed by atoms with van der Waals surface area (Å²) in [5, 5.41) is 13.4. The molecule has 4 aromatic heterocycles. The molecule has 0 fully saturated rings. The average molecular weight is 459 g/mol. The highest BCUT2D eigenvalue weighted by molar-refractivity contribution is 7.18. The quantitative estimate of drug-likeness (QED) is 0.340. The Hall–Kier alpha value is -4.08. The lowest BCUT2D eigenvalue weighted by molar-refractivity contribution is 0.102. The van der Waals surface area contributed by atoms with E-state index >= 15 is 0 Å². The number of aromatic nitrogens is 2. The van der Waals surface area contributed by atoms with Crippen molar-refractivity contribution < 1.29 is 23.5 Å². The molecule has 5 aromatic rings. The third kappa shape index (κ3) is 4.07. The minimum absolute atomic E-state index is 0.252. The molecule has 1 unspecified atom stereocenters. The number of hydrogen-bond acceptors (Lipinski definition) is 8. The second-order valence-corrected chi connectivity index (χ2v) is 8.25. The summed E-state index contributed by atoms with van der Waals surface area (Å²) in [6, 6.07) is 15.1. The first-order valence-electron chi connectivity index (χ1n) is 10.0. The van der Waals surface area contributed by atoms with Gasteiger partial charge in [0.25, 0.3) is 5.91 Å². The molecule has 1 aromatic carbocycles. The van der Waals surface area contributed by atoms with E-state index in [1.807, 2.05) is 0 Å². The van der Waals surface area contributed by atoms with Gasteiger partial charge >= 0.3 is 0 Å². The van der Waals surface area contributed by atoms with Gasteiger partial charge in [0, 0.05) is 17.1 Å². The van der Waals surface area contributed by atoms with E-state index in [9.17, 15) is 14.7 Å². The fourth-order valence-electron chi connectivity index (χ4n) is 3.30. The Morgan fingerprint density at radius 2 is 2.00 bits per heavy atom. The molecular weight excluding hydrogens is 442 g/mol. The van der Waals surface area contributed by atoms with Crippen molar-refractivity contribution in [2.45, 2.75) is 13.0 Å². The highest BCUT2D eigenvalue weighted by Crippen LogP contribution is 2.33. The number of fused-ring (bicyclic) bond motifs is 1. The van der Waals surface area contributed by atoms with Crippen LogP contribution < -0.4 is 5.32 Å².